The van der Waals surface area contributed by atoms with E-state index in [9.17, 15) is 18.7 Å². The number of carbonyl (C=O) groups excluding carboxylic acids is 1. The minimum absolute atomic E-state index is 0.0894. The number of halogens is 2. The lowest BCUT2D eigenvalue weighted by molar-refractivity contribution is -0.142. The molecule has 1 heterocycles. The Balaban J connectivity index is 1.62. The third kappa shape index (κ3) is 3.24. The molecule has 2 fully saturated rings. The maximum absolute atomic E-state index is 13.2. The number of imidazole rings is 1. The lowest BCUT2D eigenvalue weighted by atomic mass is 9.85. The Labute approximate surface area is 134 Å². The van der Waals surface area contributed by atoms with Gasteiger partial charge in [-0.2, -0.15) is 0 Å². The number of rotatable bonds is 3. The zero-order valence-corrected chi connectivity index (χ0v) is 13.2. The average Bonchev–Trinajstić information content (AvgIpc) is 3.15. The molecule has 0 radical (unpaired) electrons. The van der Waals surface area contributed by atoms with E-state index < -0.39 is 12.0 Å². The van der Waals surface area contributed by atoms with Gasteiger partial charge in [0, 0.05) is 38.2 Å². The van der Waals surface area contributed by atoms with Crippen molar-refractivity contribution >= 4 is 5.91 Å². The summed E-state index contributed by atoms with van der Waals surface area (Å²) in [6.07, 6.45) is 5.96. The fourth-order valence-corrected chi connectivity index (χ4v) is 3.89. The van der Waals surface area contributed by atoms with Crippen molar-refractivity contribution in [1.29, 1.82) is 0 Å². The van der Waals surface area contributed by atoms with E-state index in [1.54, 1.807) is 30.7 Å². The summed E-state index contributed by atoms with van der Waals surface area (Å²) in [5.41, 5.74) is 0. The molecule has 3 rings (SSSR count). The predicted molar refractivity (Wildman–Crippen MR) is 80.0 cm³/mol. The van der Waals surface area contributed by atoms with E-state index in [0.717, 1.165) is 6.42 Å². The maximum Gasteiger partial charge on any atom is 0.248 e. The highest BCUT2D eigenvalue weighted by atomic mass is 19.3. The largest absolute Gasteiger partial charge is 0.389 e. The second-order valence-electron chi connectivity index (χ2n) is 6.79. The van der Waals surface area contributed by atoms with Crippen LogP contribution in [0.5, 0.6) is 0 Å². The first-order chi connectivity index (χ1) is 10.9. The molecule has 0 spiro atoms. The van der Waals surface area contributed by atoms with Gasteiger partial charge in [0.15, 0.2) is 0 Å². The number of carbonyl (C=O) groups is 1. The minimum atomic E-state index is -2.63. The van der Waals surface area contributed by atoms with Crippen LogP contribution in [0.1, 0.15) is 44.6 Å². The molecule has 1 N–H and O–H groups in total. The van der Waals surface area contributed by atoms with Crippen LogP contribution in [0.15, 0.2) is 18.7 Å². The van der Waals surface area contributed by atoms with Crippen molar-refractivity contribution in [1.82, 2.24) is 14.5 Å². The number of hydrogen-bond donors (Lipinski definition) is 1. The molecule has 7 heteroatoms. The number of alkyl halides is 2. The highest BCUT2D eigenvalue weighted by Gasteiger charge is 2.43. The van der Waals surface area contributed by atoms with Gasteiger partial charge in [-0.1, -0.05) is 0 Å². The van der Waals surface area contributed by atoms with Crippen molar-refractivity contribution in [2.24, 2.45) is 5.92 Å². The van der Waals surface area contributed by atoms with Crippen molar-refractivity contribution < 1.29 is 18.7 Å². The molecule has 2 aliphatic rings. The van der Waals surface area contributed by atoms with Gasteiger partial charge in [-0.15, -0.1) is 0 Å². The van der Waals surface area contributed by atoms with Crippen molar-refractivity contribution in [3.8, 4) is 0 Å². The Bertz CT molecular complexity index is 540. The van der Waals surface area contributed by atoms with Gasteiger partial charge in [0.25, 0.3) is 0 Å². The van der Waals surface area contributed by atoms with Crippen molar-refractivity contribution in [3.05, 3.63) is 18.7 Å². The fraction of sp³-hybridized carbons (Fsp3) is 0.750. The lowest BCUT2D eigenvalue weighted by Gasteiger charge is -2.34. The molecule has 1 amide bonds. The molecule has 1 aromatic heterocycles. The summed E-state index contributed by atoms with van der Waals surface area (Å²) in [7, 11) is 1.68. The molecule has 0 aromatic carbocycles. The Kier molecular flexibility index (Phi) is 4.40. The van der Waals surface area contributed by atoms with Crippen LogP contribution in [-0.2, 0) is 4.79 Å². The molecular formula is C16H23F2N3O2. The highest BCUT2D eigenvalue weighted by molar-refractivity contribution is 5.79. The van der Waals surface area contributed by atoms with Crippen LogP contribution in [0.4, 0.5) is 8.78 Å². The molecule has 128 valence electrons. The fourth-order valence-electron chi connectivity index (χ4n) is 3.89. The van der Waals surface area contributed by atoms with Crippen LogP contribution in [-0.4, -0.2) is 50.6 Å². The molecule has 1 aromatic rings. The number of aliphatic hydroxyl groups excluding tert-OH is 1. The van der Waals surface area contributed by atoms with Crippen LogP contribution in [0, 0.1) is 5.92 Å². The Morgan fingerprint density at radius 1 is 1.30 bits per heavy atom. The van der Waals surface area contributed by atoms with E-state index in [1.165, 1.54) is 0 Å². The minimum Gasteiger partial charge on any atom is -0.389 e. The maximum atomic E-state index is 13.2. The number of hydrogen-bond acceptors (Lipinski definition) is 3. The number of amides is 1. The van der Waals surface area contributed by atoms with Crippen molar-refractivity contribution in [2.75, 3.05) is 7.05 Å². The Morgan fingerprint density at radius 3 is 2.61 bits per heavy atom. The highest BCUT2D eigenvalue weighted by Crippen LogP contribution is 2.38. The predicted octanol–water partition coefficient (Wildman–Crippen LogP) is 2.23. The number of likely N-dealkylation sites (N-methyl/N-ethyl adjacent to an activating group) is 1. The molecule has 3 atom stereocenters. The third-order valence-corrected chi connectivity index (χ3v) is 5.37. The number of aromatic nitrogens is 2. The smallest absolute Gasteiger partial charge is 0.248 e. The summed E-state index contributed by atoms with van der Waals surface area (Å²) in [6, 6.07) is -0.356. The van der Waals surface area contributed by atoms with Gasteiger partial charge in [-0.05, 0) is 25.7 Å². The molecule has 23 heavy (non-hydrogen) atoms. The van der Waals surface area contributed by atoms with Gasteiger partial charge in [-0.3, -0.25) is 4.79 Å². The summed E-state index contributed by atoms with van der Waals surface area (Å²) in [5, 5.41) is 10.6. The molecule has 0 bridgehead atoms. The standard InChI is InChI=1S/C16H23F2N3O2/c1-20(15(23)11-4-6-16(17,18)7-5-11)12-2-3-13(14(12)22)21-9-8-19-10-21/h8-14,22H,2-7H2,1H3/t12-,13-,14-/m1/s1. The van der Waals surface area contributed by atoms with E-state index in [-0.39, 0.29) is 49.6 Å². The first kappa shape index (κ1) is 16.4. The summed E-state index contributed by atoms with van der Waals surface area (Å²) in [6.45, 7) is 0. The lowest BCUT2D eigenvalue weighted by Crippen LogP contribution is -2.46. The van der Waals surface area contributed by atoms with Gasteiger partial charge < -0.3 is 14.6 Å². The molecule has 5 nitrogen and oxygen atoms in total. The van der Waals surface area contributed by atoms with Gasteiger partial charge in [0.2, 0.25) is 11.8 Å². The molecule has 2 saturated carbocycles. The van der Waals surface area contributed by atoms with Gasteiger partial charge in [-0.25, -0.2) is 13.8 Å². The second kappa shape index (κ2) is 6.19. The van der Waals surface area contributed by atoms with E-state index in [0.29, 0.717) is 6.42 Å². The van der Waals surface area contributed by atoms with E-state index in [2.05, 4.69) is 4.98 Å². The van der Waals surface area contributed by atoms with E-state index in [4.69, 9.17) is 0 Å². The number of aliphatic hydroxyl groups is 1. The van der Waals surface area contributed by atoms with Crippen LogP contribution >= 0.6 is 0 Å². The number of nitrogens with zero attached hydrogens (tertiary/aromatic N) is 3. The molecule has 2 aliphatic carbocycles. The van der Waals surface area contributed by atoms with Crippen molar-refractivity contribution in [3.63, 3.8) is 0 Å². The molecule has 0 aliphatic heterocycles. The van der Waals surface area contributed by atoms with Crippen LogP contribution in [0.2, 0.25) is 0 Å². The van der Waals surface area contributed by atoms with Crippen LogP contribution in [0.3, 0.4) is 0 Å². The summed E-state index contributed by atoms with van der Waals surface area (Å²) in [4.78, 5) is 18.2. The van der Waals surface area contributed by atoms with Gasteiger partial charge in [0.1, 0.15) is 0 Å². The Morgan fingerprint density at radius 2 is 2.00 bits per heavy atom. The van der Waals surface area contributed by atoms with E-state index in [1.807, 2.05) is 4.57 Å². The average molecular weight is 327 g/mol. The quantitative estimate of drug-likeness (QED) is 0.926. The monoisotopic (exact) mass is 327 g/mol. The Hall–Kier alpha value is -1.50. The third-order valence-electron chi connectivity index (χ3n) is 5.37. The van der Waals surface area contributed by atoms with Gasteiger partial charge >= 0.3 is 0 Å². The van der Waals surface area contributed by atoms with Crippen molar-refractivity contribution in [2.45, 2.75) is 62.6 Å². The summed E-state index contributed by atoms with van der Waals surface area (Å²) in [5.74, 6) is -3.09. The molecule has 0 saturated heterocycles. The molecule has 0 unspecified atom stereocenters. The zero-order chi connectivity index (χ0) is 16.6. The van der Waals surface area contributed by atoms with Crippen LogP contribution in [0.25, 0.3) is 0 Å². The summed E-state index contributed by atoms with van der Waals surface area (Å²) < 4.78 is 28.3. The first-order valence-electron chi connectivity index (χ1n) is 8.19. The zero-order valence-electron chi connectivity index (χ0n) is 13.2. The SMILES string of the molecule is CN(C(=O)C1CCC(F)(F)CC1)[C@@H]1CC[C@@H](n2ccnc2)[C@@H]1O. The normalized spacial score (nSPS) is 31.2. The van der Waals surface area contributed by atoms with Gasteiger partial charge in [0.05, 0.1) is 24.5 Å². The topological polar surface area (TPSA) is 58.4 Å². The second-order valence-corrected chi connectivity index (χ2v) is 6.79. The van der Waals surface area contributed by atoms with Crippen LogP contribution < -0.4 is 0 Å². The first-order valence-corrected chi connectivity index (χ1v) is 8.19. The van der Waals surface area contributed by atoms with E-state index >= 15 is 0 Å². The molecular weight excluding hydrogens is 304 g/mol. The summed E-state index contributed by atoms with van der Waals surface area (Å²) >= 11 is 0.